The number of nitrogens with one attached hydrogen (secondary N) is 1. The molecule has 1 spiro atoms. The van der Waals surface area contributed by atoms with E-state index in [0.29, 0.717) is 19.4 Å². The number of fused-ring (bicyclic) bond motifs is 1. The van der Waals surface area contributed by atoms with Gasteiger partial charge in [0.05, 0.1) is 16.9 Å². The topological polar surface area (TPSA) is 75.7 Å². The summed E-state index contributed by atoms with van der Waals surface area (Å²) in [6.45, 7) is 0.480. The Kier molecular flexibility index (Phi) is 6.37. The average molecular weight is 487 g/mol. The maximum absolute atomic E-state index is 13.4. The number of benzene rings is 2. The molecule has 2 aromatic carbocycles. The van der Waals surface area contributed by atoms with Crippen molar-refractivity contribution in [2.45, 2.75) is 67.9 Å². The van der Waals surface area contributed by atoms with Gasteiger partial charge < -0.3 is 10.1 Å². The van der Waals surface area contributed by atoms with Crippen LogP contribution in [0.4, 0.5) is 4.39 Å². The van der Waals surface area contributed by atoms with Gasteiger partial charge in [0.2, 0.25) is 15.9 Å². The average Bonchev–Trinajstić information content (AvgIpc) is 2.85. The number of carbonyl (C=O) groups is 1. The molecule has 3 aliphatic rings. The molecule has 5 rings (SSSR count). The summed E-state index contributed by atoms with van der Waals surface area (Å²) in [5.41, 5.74) is 0.744. The third-order valence-electron chi connectivity index (χ3n) is 7.48. The van der Waals surface area contributed by atoms with Gasteiger partial charge >= 0.3 is 0 Å². The number of amides is 1. The number of ether oxygens (including phenoxy) is 1. The number of sulfonamides is 1. The molecule has 0 bridgehead atoms. The standard InChI is InChI=1S/C26H31FN2O4S/c27-20-10-12-21(13-11-20)34(31,32)29-16-6-7-19(18-29)25(30)28-23-17-26(14-4-1-5-15-26)33-24-9-3-2-8-22(23)24/h2-3,8-13,19,23H,1,4-7,14-18H2,(H,28,30)/t19-,23+/m1/s1. The van der Waals surface area contributed by atoms with Crippen molar-refractivity contribution in [3.05, 3.63) is 59.9 Å². The highest BCUT2D eigenvalue weighted by molar-refractivity contribution is 7.89. The van der Waals surface area contributed by atoms with Gasteiger partial charge in [0.15, 0.2) is 0 Å². The molecule has 2 fully saturated rings. The summed E-state index contributed by atoms with van der Waals surface area (Å²) >= 11 is 0. The van der Waals surface area contributed by atoms with Gasteiger partial charge in [0, 0.05) is 25.1 Å². The lowest BCUT2D eigenvalue weighted by atomic mass is 9.77. The van der Waals surface area contributed by atoms with Crippen molar-refractivity contribution in [2.75, 3.05) is 13.1 Å². The van der Waals surface area contributed by atoms with Gasteiger partial charge in [-0.3, -0.25) is 4.79 Å². The van der Waals surface area contributed by atoms with E-state index in [2.05, 4.69) is 5.32 Å². The van der Waals surface area contributed by atoms with Crippen LogP contribution in [0.15, 0.2) is 53.4 Å². The summed E-state index contributed by atoms with van der Waals surface area (Å²) < 4.78 is 47.3. The molecular formula is C26H31FN2O4S. The monoisotopic (exact) mass is 486 g/mol. The van der Waals surface area contributed by atoms with Gasteiger partial charge in [-0.1, -0.05) is 24.6 Å². The van der Waals surface area contributed by atoms with Gasteiger partial charge in [-0.05, 0) is 68.9 Å². The molecule has 2 aliphatic heterocycles. The van der Waals surface area contributed by atoms with Crippen LogP contribution in [0.2, 0.25) is 0 Å². The van der Waals surface area contributed by atoms with Gasteiger partial charge in [0.1, 0.15) is 17.2 Å². The van der Waals surface area contributed by atoms with Crippen molar-refractivity contribution in [3.8, 4) is 5.75 Å². The van der Waals surface area contributed by atoms with Crippen molar-refractivity contribution >= 4 is 15.9 Å². The summed E-state index contributed by atoms with van der Waals surface area (Å²) in [6.07, 6.45) is 7.42. The minimum Gasteiger partial charge on any atom is -0.487 e. The van der Waals surface area contributed by atoms with Crippen molar-refractivity contribution in [2.24, 2.45) is 5.92 Å². The molecule has 1 amide bonds. The zero-order chi connectivity index (χ0) is 23.8. The number of piperidine rings is 1. The molecule has 1 saturated carbocycles. The zero-order valence-corrected chi connectivity index (χ0v) is 20.0. The molecule has 0 aromatic heterocycles. The van der Waals surface area contributed by atoms with Crippen LogP contribution in [0, 0.1) is 11.7 Å². The molecule has 1 N–H and O–H groups in total. The van der Waals surface area contributed by atoms with Gasteiger partial charge in [-0.15, -0.1) is 0 Å². The van der Waals surface area contributed by atoms with Crippen LogP contribution in [0.5, 0.6) is 5.75 Å². The first-order valence-corrected chi connectivity index (χ1v) is 13.6. The summed E-state index contributed by atoms with van der Waals surface area (Å²) in [5, 5.41) is 3.25. The minimum absolute atomic E-state index is 0.0487. The normalized spacial score (nSPS) is 24.7. The van der Waals surface area contributed by atoms with E-state index in [1.54, 1.807) is 0 Å². The highest BCUT2D eigenvalue weighted by Crippen LogP contribution is 2.46. The second-order valence-corrected chi connectivity index (χ2v) is 11.7. The van der Waals surface area contributed by atoms with Crippen molar-refractivity contribution in [1.82, 2.24) is 9.62 Å². The fourth-order valence-corrected chi connectivity index (χ4v) is 7.19. The van der Waals surface area contributed by atoms with Crippen LogP contribution in [-0.4, -0.2) is 37.3 Å². The second kappa shape index (κ2) is 9.30. The van der Waals surface area contributed by atoms with Crippen LogP contribution in [0.3, 0.4) is 0 Å². The Labute approximate surface area is 200 Å². The summed E-state index contributed by atoms with van der Waals surface area (Å²) in [4.78, 5) is 13.4. The highest BCUT2D eigenvalue weighted by Gasteiger charge is 2.43. The Balaban J connectivity index is 1.32. The van der Waals surface area contributed by atoms with E-state index in [4.69, 9.17) is 4.74 Å². The number of nitrogens with zero attached hydrogens (tertiary/aromatic N) is 1. The van der Waals surface area contributed by atoms with Crippen molar-refractivity contribution in [1.29, 1.82) is 0 Å². The van der Waals surface area contributed by atoms with Crippen LogP contribution in [-0.2, 0) is 14.8 Å². The fraction of sp³-hybridized carbons (Fsp3) is 0.500. The number of halogens is 1. The Morgan fingerprint density at radius 2 is 1.76 bits per heavy atom. The quantitative estimate of drug-likeness (QED) is 0.687. The molecule has 0 unspecified atom stereocenters. The first-order valence-electron chi connectivity index (χ1n) is 12.2. The first kappa shape index (κ1) is 23.3. The Morgan fingerprint density at radius 1 is 1.03 bits per heavy atom. The van der Waals surface area contributed by atoms with E-state index in [1.165, 1.54) is 22.9 Å². The molecular weight excluding hydrogens is 455 g/mol. The molecule has 2 aromatic rings. The molecule has 6 nitrogen and oxygen atoms in total. The molecule has 2 atom stereocenters. The Morgan fingerprint density at radius 3 is 2.53 bits per heavy atom. The summed E-state index contributed by atoms with van der Waals surface area (Å²) in [6, 6.07) is 12.6. The number of para-hydroxylation sites is 1. The van der Waals surface area contributed by atoms with Gasteiger partial charge in [-0.25, -0.2) is 12.8 Å². The van der Waals surface area contributed by atoms with Gasteiger partial charge in [0.25, 0.3) is 0 Å². The maximum Gasteiger partial charge on any atom is 0.243 e. The molecule has 1 aliphatic carbocycles. The zero-order valence-electron chi connectivity index (χ0n) is 19.2. The van der Waals surface area contributed by atoms with E-state index in [9.17, 15) is 17.6 Å². The van der Waals surface area contributed by atoms with Gasteiger partial charge in [-0.2, -0.15) is 4.31 Å². The Hall–Kier alpha value is -2.45. The fourth-order valence-electron chi connectivity index (χ4n) is 5.67. The molecule has 0 radical (unpaired) electrons. The summed E-state index contributed by atoms with van der Waals surface area (Å²) in [5.74, 6) is -0.194. The smallest absolute Gasteiger partial charge is 0.243 e. The van der Waals surface area contributed by atoms with Crippen molar-refractivity contribution < 1.29 is 22.3 Å². The lowest BCUT2D eigenvalue weighted by Gasteiger charge is -2.45. The number of hydrogen-bond donors (Lipinski definition) is 1. The van der Waals surface area contributed by atoms with Crippen molar-refractivity contribution in [3.63, 3.8) is 0 Å². The van der Waals surface area contributed by atoms with E-state index >= 15 is 0 Å². The third kappa shape index (κ3) is 4.58. The third-order valence-corrected chi connectivity index (χ3v) is 9.36. The molecule has 8 heteroatoms. The number of hydrogen-bond acceptors (Lipinski definition) is 4. The van der Waals surface area contributed by atoms with E-state index in [1.807, 2.05) is 24.3 Å². The lowest BCUT2D eigenvalue weighted by molar-refractivity contribution is -0.127. The maximum atomic E-state index is 13.4. The first-order chi connectivity index (χ1) is 16.4. The van der Waals surface area contributed by atoms with Crippen LogP contribution < -0.4 is 10.1 Å². The lowest BCUT2D eigenvalue weighted by Crippen LogP contribution is -2.49. The summed E-state index contributed by atoms with van der Waals surface area (Å²) in [7, 11) is -3.78. The minimum atomic E-state index is -3.78. The second-order valence-electron chi connectivity index (χ2n) is 9.80. The predicted molar refractivity (Wildman–Crippen MR) is 126 cm³/mol. The molecule has 2 heterocycles. The molecule has 182 valence electrons. The van der Waals surface area contributed by atoms with Crippen LogP contribution in [0.1, 0.15) is 63.0 Å². The highest BCUT2D eigenvalue weighted by atomic mass is 32.2. The SMILES string of the molecule is O=C(N[C@H]1CC2(CCCCC2)Oc2ccccc21)[C@@H]1CCCN(S(=O)(=O)c2ccc(F)cc2)C1. The van der Waals surface area contributed by atoms with E-state index in [0.717, 1.165) is 55.5 Å². The molecule has 34 heavy (non-hydrogen) atoms. The predicted octanol–water partition coefficient (Wildman–Crippen LogP) is 4.57. The van der Waals surface area contributed by atoms with Crippen LogP contribution >= 0.6 is 0 Å². The van der Waals surface area contributed by atoms with E-state index in [-0.39, 0.29) is 29.0 Å². The van der Waals surface area contributed by atoms with Crippen LogP contribution in [0.25, 0.3) is 0 Å². The molecule has 1 saturated heterocycles. The Bertz CT molecular complexity index is 1150. The number of rotatable bonds is 4. The van der Waals surface area contributed by atoms with E-state index < -0.39 is 21.8 Å². The number of carbonyl (C=O) groups excluding carboxylic acids is 1. The largest absolute Gasteiger partial charge is 0.487 e.